The predicted octanol–water partition coefficient (Wildman–Crippen LogP) is 4.29. The van der Waals surface area contributed by atoms with Crippen molar-refractivity contribution in [3.63, 3.8) is 0 Å². The molecule has 1 fully saturated rings. The Bertz CT molecular complexity index is 463. The van der Waals surface area contributed by atoms with E-state index in [2.05, 4.69) is 23.9 Å². The van der Waals surface area contributed by atoms with Gasteiger partial charge < -0.3 is 14.8 Å². The maximum atomic E-state index is 12.4. The fourth-order valence-electron chi connectivity index (χ4n) is 2.75. The van der Waals surface area contributed by atoms with Gasteiger partial charge in [0.25, 0.3) is 0 Å². The summed E-state index contributed by atoms with van der Waals surface area (Å²) >= 11 is 0. The fraction of sp³-hybridized carbons (Fsp3) is 0.600. The van der Waals surface area contributed by atoms with E-state index in [0.29, 0.717) is 11.8 Å². The molecule has 0 bridgehead atoms. The van der Waals surface area contributed by atoms with Gasteiger partial charge in [0.2, 0.25) is 0 Å². The Kier molecular flexibility index (Phi) is 4.35. The molecule has 112 valence electrons. The minimum absolute atomic E-state index is 0.0586. The van der Waals surface area contributed by atoms with E-state index in [1.165, 1.54) is 20.0 Å². The molecule has 3 nitrogen and oxygen atoms in total. The van der Waals surface area contributed by atoms with Crippen molar-refractivity contribution in [1.29, 1.82) is 0 Å². The molecule has 0 aliphatic heterocycles. The SMILES string of the molecule is COc1ccc(NC2CCCC2(C)C)cc1OC(F)F. The van der Waals surface area contributed by atoms with Gasteiger partial charge in [-0.3, -0.25) is 0 Å². The van der Waals surface area contributed by atoms with Gasteiger partial charge in [-0.15, -0.1) is 0 Å². The van der Waals surface area contributed by atoms with Crippen molar-refractivity contribution in [1.82, 2.24) is 0 Å². The largest absolute Gasteiger partial charge is 0.493 e. The topological polar surface area (TPSA) is 30.5 Å². The normalized spacial score (nSPS) is 21.0. The average Bonchev–Trinajstić information content (AvgIpc) is 2.68. The van der Waals surface area contributed by atoms with E-state index in [1.807, 2.05) is 6.07 Å². The van der Waals surface area contributed by atoms with Crippen LogP contribution in [0.25, 0.3) is 0 Å². The van der Waals surface area contributed by atoms with Gasteiger partial charge in [0, 0.05) is 17.8 Å². The van der Waals surface area contributed by atoms with Crippen LogP contribution in [0.1, 0.15) is 33.1 Å². The van der Waals surface area contributed by atoms with Crippen molar-refractivity contribution in [2.75, 3.05) is 12.4 Å². The molecule has 1 aliphatic carbocycles. The second-order valence-corrected chi connectivity index (χ2v) is 5.82. The van der Waals surface area contributed by atoms with Crippen molar-refractivity contribution in [3.05, 3.63) is 18.2 Å². The molecule has 20 heavy (non-hydrogen) atoms. The van der Waals surface area contributed by atoms with E-state index in [0.717, 1.165) is 12.1 Å². The summed E-state index contributed by atoms with van der Waals surface area (Å²) in [6, 6.07) is 5.38. The molecule has 1 unspecified atom stereocenters. The van der Waals surface area contributed by atoms with Gasteiger partial charge in [0.05, 0.1) is 7.11 Å². The van der Waals surface area contributed by atoms with Crippen LogP contribution in [0.15, 0.2) is 18.2 Å². The molecule has 1 saturated carbocycles. The number of benzene rings is 1. The van der Waals surface area contributed by atoms with Gasteiger partial charge >= 0.3 is 6.61 Å². The van der Waals surface area contributed by atoms with Gasteiger partial charge in [0.1, 0.15) is 0 Å². The Hall–Kier alpha value is -1.52. The highest BCUT2D eigenvalue weighted by Crippen LogP contribution is 2.40. The molecule has 2 rings (SSSR count). The van der Waals surface area contributed by atoms with Crippen molar-refractivity contribution < 1.29 is 18.3 Å². The zero-order chi connectivity index (χ0) is 14.8. The van der Waals surface area contributed by atoms with Crippen LogP contribution in [-0.2, 0) is 0 Å². The van der Waals surface area contributed by atoms with Crippen LogP contribution in [0.5, 0.6) is 11.5 Å². The highest BCUT2D eigenvalue weighted by molar-refractivity contribution is 5.55. The van der Waals surface area contributed by atoms with Crippen molar-refractivity contribution in [2.45, 2.75) is 45.8 Å². The molecule has 0 saturated heterocycles. The molecule has 0 spiro atoms. The molecular formula is C15H21F2NO2. The summed E-state index contributed by atoms with van der Waals surface area (Å²) in [5.41, 5.74) is 0.991. The van der Waals surface area contributed by atoms with Crippen molar-refractivity contribution in [2.24, 2.45) is 5.41 Å². The summed E-state index contributed by atoms with van der Waals surface area (Å²) in [4.78, 5) is 0. The number of nitrogens with one attached hydrogen (secondary N) is 1. The van der Waals surface area contributed by atoms with Gasteiger partial charge in [-0.1, -0.05) is 20.3 Å². The van der Waals surface area contributed by atoms with Crippen LogP contribution in [0.2, 0.25) is 0 Å². The van der Waals surface area contributed by atoms with Crippen LogP contribution < -0.4 is 14.8 Å². The molecule has 0 aromatic heterocycles. The first-order valence-corrected chi connectivity index (χ1v) is 6.82. The number of methoxy groups -OCH3 is 1. The van der Waals surface area contributed by atoms with E-state index in [1.54, 1.807) is 12.1 Å². The Labute approximate surface area is 118 Å². The number of ether oxygens (including phenoxy) is 2. The first kappa shape index (κ1) is 14.9. The van der Waals surface area contributed by atoms with E-state index >= 15 is 0 Å². The summed E-state index contributed by atoms with van der Waals surface area (Å²) in [7, 11) is 1.43. The molecule has 1 aliphatic rings. The number of rotatable bonds is 5. The third kappa shape index (κ3) is 3.32. The molecule has 1 aromatic rings. The zero-order valence-corrected chi connectivity index (χ0v) is 12.1. The number of anilines is 1. The summed E-state index contributed by atoms with van der Waals surface area (Å²) in [5.74, 6) is 0.366. The Morgan fingerprint density at radius 2 is 2.05 bits per heavy atom. The molecule has 5 heteroatoms. The molecule has 1 atom stereocenters. The van der Waals surface area contributed by atoms with Gasteiger partial charge in [-0.25, -0.2) is 0 Å². The Balaban J connectivity index is 2.16. The molecule has 0 heterocycles. The van der Waals surface area contributed by atoms with E-state index in [4.69, 9.17) is 4.74 Å². The zero-order valence-electron chi connectivity index (χ0n) is 12.1. The average molecular weight is 285 g/mol. The maximum Gasteiger partial charge on any atom is 0.387 e. The Morgan fingerprint density at radius 1 is 1.30 bits per heavy atom. The molecule has 0 amide bonds. The smallest absolute Gasteiger partial charge is 0.387 e. The van der Waals surface area contributed by atoms with Crippen LogP contribution in [0.4, 0.5) is 14.5 Å². The highest BCUT2D eigenvalue weighted by atomic mass is 19.3. The lowest BCUT2D eigenvalue weighted by Crippen LogP contribution is -2.30. The second-order valence-electron chi connectivity index (χ2n) is 5.82. The number of hydrogen-bond acceptors (Lipinski definition) is 3. The van der Waals surface area contributed by atoms with Crippen molar-refractivity contribution in [3.8, 4) is 11.5 Å². The molecular weight excluding hydrogens is 264 g/mol. The van der Waals surface area contributed by atoms with E-state index in [-0.39, 0.29) is 11.2 Å². The first-order valence-electron chi connectivity index (χ1n) is 6.82. The van der Waals surface area contributed by atoms with Gasteiger partial charge in [-0.05, 0) is 30.4 Å². The van der Waals surface area contributed by atoms with Crippen LogP contribution in [0.3, 0.4) is 0 Å². The van der Waals surface area contributed by atoms with E-state index < -0.39 is 6.61 Å². The lowest BCUT2D eigenvalue weighted by Gasteiger charge is -2.29. The summed E-state index contributed by atoms with van der Waals surface area (Å²) in [5, 5.41) is 3.42. The standard InChI is InChI=1S/C15H21F2NO2/c1-15(2)8-4-5-13(15)18-10-6-7-11(19-3)12(9-10)20-14(16)17/h6-7,9,13-14,18H,4-5,8H2,1-3H3. The lowest BCUT2D eigenvalue weighted by atomic mass is 9.87. The molecule has 0 radical (unpaired) electrons. The maximum absolute atomic E-state index is 12.4. The lowest BCUT2D eigenvalue weighted by molar-refractivity contribution is -0.0511. The molecule has 1 aromatic carbocycles. The number of alkyl halides is 2. The van der Waals surface area contributed by atoms with E-state index in [9.17, 15) is 8.78 Å². The van der Waals surface area contributed by atoms with Gasteiger partial charge in [0.15, 0.2) is 11.5 Å². The third-order valence-electron chi connectivity index (χ3n) is 3.98. The summed E-state index contributed by atoms with van der Waals surface area (Å²) in [6.07, 6.45) is 3.44. The Morgan fingerprint density at radius 3 is 2.60 bits per heavy atom. The minimum atomic E-state index is -2.86. The highest BCUT2D eigenvalue weighted by Gasteiger charge is 2.34. The van der Waals surface area contributed by atoms with Crippen LogP contribution >= 0.6 is 0 Å². The summed E-state index contributed by atoms with van der Waals surface area (Å²) in [6.45, 7) is 1.58. The van der Waals surface area contributed by atoms with Crippen LogP contribution in [-0.4, -0.2) is 19.8 Å². The fourth-order valence-corrected chi connectivity index (χ4v) is 2.75. The first-order chi connectivity index (χ1) is 9.42. The summed E-state index contributed by atoms with van der Waals surface area (Å²) < 4.78 is 34.3. The second kappa shape index (κ2) is 5.85. The number of hydrogen-bond donors (Lipinski definition) is 1. The molecule has 1 N–H and O–H groups in total. The van der Waals surface area contributed by atoms with Gasteiger partial charge in [-0.2, -0.15) is 8.78 Å². The van der Waals surface area contributed by atoms with Crippen LogP contribution in [0, 0.1) is 5.41 Å². The minimum Gasteiger partial charge on any atom is -0.493 e. The monoisotopic (exact) mass is 285 g/mol. The predicted molar refractivity (Wildman–Crippen MR) is 74.7 cm³/mol. The quantitative estimate of drug-likeness (QED) is 0.875. The number of halogens is 2. The van der Waals surface area contributed by atoms with Crippen molar-refractivity contribution >= 4 is 5.69 Å². The third-order valence-corrected chi connectivity index (χ3v) is 3.98.